The van der Waals surface area contributed by atoms with E-state index < -0.39 is 0 Å². The van der Waals surface area contributed by atoms with Crippen molar-refractivity contribution in [3.63, 3.8) is 0 Å². The Bertz CT molecular complexity index is 292. The van der Waals surface area contributed by atoms with Crippen molar-refractivity contribution in [3.8, 4) is 0 Å². The summed E-state index contributed by atoms with van der Waals surface area (Å²) < 4.78 is 0. The summed E-state index contributed by atoms with van der Waals surface area (Å²) in [4.78, 5) is 23.6. The Kier molecular flexibility index (Phi) is 4.70. The molecule has 0 fully saturated rings. The molecule has 0 aromatic rings. The summed E-state index contributed by atoms with van der Waals surface area (Å²) in [5.74, 6) is 0.0159. The minimum Gasteiger partial charge on any atom is -0.309 e. The van der Waals surface area contributed by atoms with Crippen LogP contribution in [-0.2, 0) is 9.59 Å². The zero-order valence-electron chi connectivity index (χ0n) is 8.74. The number of allylic oxidation sites excluding steroid dienone is 1. The van der Waals surface area contributed by atoms with E-state index in [2.05, 4.69) is 15.8 Å². The normalized spacial score (nSPS) is 15.1. The molecule has 0 saturated carbocycles. The molecule has 1 heterocycles. The highest BCUT2D eigenvalue weighted by Crippen LogP contribution is 2.14. The van der Waals surface area contributed by atoms with Crippen LogP contribution in [0.25, 0.3) is 0 Å². The van der Waals surface area contributed by atoms with E-state index in [1.165, 1.54) is 6.08 Å². The summed E-state index contributed by atoms with van der Waals surface area (Å²) in [6.07, 6.45) is 6.66. The molecule has 1 aliphatic rings. The van der Waals surface area contributed by atoms with Crippen molar-refractivity contribution in [1.82, 2.24) is 4.90 Å². The lowest BCUT2D eigenvalue weighted by atomic mass is 10.2. The molecule has 1 unspecified atom stereocenters. The number of carbonyl (C=O) groups is 2. The maximum Gasteiger partial charge on any atom is 0.251 e. The average Bonchev–Trinajstić information content (AvgIpc) is 2.47. The smallest absolute Gasteiger partial charge is 0.251 e. The predicted octanol–water partition coefficient (Wildman–Crippen LogP) is 1.86. The Morgan fingerprint density at radius 1 is 1.33 bits per heavy atom. The summed E-state index contributed by atoms with van der Waals surface area (Å²) in [7, 11) is 2.17. The molecule has 0 spiro atoms. The Morgan fingerprint density at radius 2 is 2.07 bits per heavy atom. The molecular weight excluding hydrogens is 209 g/mol. The van der Waals surface area contributed by atoms with Crippen molar-refractivity contribution in [2.45, 2.75) is 25.7 Å². The monoisotopic (exact) mass is 225 g/mol. The van der Waals surface area contributed by atoms with Crippen LogP contribution in [-0.4, -0.2) is 22.9 Å². The average molecular weight is 225 g/mol. The van der Waals surface area contributed by atoms with Gasteiger partial charge in [0.2, 0.25) is 0 Å². The van der Waals surface area contributed by atoms with E-state index in [-0.39, 0.29) is 11.4 Å². The third kappa shape index (κ3) is 3.96. The number of amides is 1. The van der Waals surface area contributed by atoms with Gasteiger partial charge in [0.05, 0.1) is 0 Å². The van der Waals surface area contributed by atoms with Crippen molar-refractivity contribution >= 4 is 20.7 Å². The third-order valence-corrected chi connectivity index (χ3v) is 2.62. The molecule has 1 atom stereocenters. The van der Waals surface area contributed by atoms with E-state index in [0.717, 1.165) is 25.0 Å². The molecule has 1 amide bonds. The summed E-state index contributed by atoms with van der Waals surface area (Å²) in [6.45, 7) is 4.48. The predicted molar refractivity (Wildman–Crippen MR) is 63.2 cm³/mol. The van der Waals surface area contributed by atoms with E-state index in [0.29, 0.717) is 13.0 Å². The highest BCUT2D eigenvalue weighted by molar-refractivity contribution is 7.40. The second-order valence-electron chi connectivity index (χ2n) is 3.59. The van der Waals surface area contributed by atoms with Gasteiger partial charge >= 0.3 is 0 Å². The fourth-order valence-corrected chi connectivity index (χ4v) is 1.69. The first-order valence-electron chi connectivity index (χ1n) is 5.08. The van der Waals surface area contributed by atoms with Gasteiger partial charge in [-0.05, 0) is 18.9 Å². The molecule has 15 heavy (non-hydrogen) atoms. The molecule has 0 N–H and O–H groups in total. The SMILES string of the molecule is C=C1C=CC(=O)N1CCCCCC(=O)P. The van der Waals surface area contributed by atoms with Crippen LogP contribution >= 0.6 is 9.24 Å². The summed E-state index contributed by atoms with van der Waals surface area (Å²) >= 11 is 0. The van der Waals surface area contributed by atoms with Gasteiger partial charge in [0.1, 0.15) is 5.52 Å². The lowest BCUT2D eigenvalue weighted by Gasteiger charge is -2.16. The fourth-order valence-electron chi connectivity index (χ4n) is 1.49. The van der Waals surface area contributed by atoms with Crippen LogP contribution in [0.4, 0.5) is 0 Å². The first-order valence-corrected chi connectivity index (χ1v) is 5.66. The molecular formula is C11H16NO2P. The Hall–Kier alpha value is -0.950. The lowest BCUT2D eigenvalue weighted by Crippen LogP contribution is -2.24. The van der Waals surface area contributed by atoms with Gasteiger partial charge in [-0.15, -0.1) is 0 Å². The van der Waals surface area contributed by atoms with Gasteiger partial charge in [-0.25, -0.2) is 0 Å². The molecule has 4 heteroatoms. The number of nitrogens with zero attached hydrogens (tertiary/aromatic N) is 1. The van der Waals surface area contributed by atoms with E-state index in [1.54, 1.807) is 11.0 Å². The number of carbonyl (C=O) groups excluding carboxylic acids is 2. The molecule has 0 aromatic heterocycles. The maximum atomic E-state index is 11.3. The summed E-state index contributed by atoms with van der Waals surface area (Å²) in [5.41, 5.74) is 0.917. The third-order valence-electron chi connectivity index (χ3n) is 2.34. The molecule has 1 rings (SSSR count). The quantitative estimate of drug-likeness (QED) is 0.511. The zero-order valence-corrected chi connectivity index (χ0v) is 9.89. The molecule has 3 nitrogen and oxygen atoms in total. The van der Waals surface area contributed by atoms with Gasteiger partial charge in [0.15, 0.2) is 0 Å². The Balaban J connectivity index is 2.13. The molecule has 1 aliphatic heterocycles. The van der Waals surface area contributed by atoms with Crippen LogP contribution in [0.3, 0.4) is 0 Å². The minimum absolute atomic E-state index is 0.0159. The van der Waals surface area contributed by atoms with Crippen LogP contribution in [0, 0.1) is 0 Å². The van der Waals surface area contributed by atoms with Crippen molar-refractivity contribution in [2.75, 3.05) is 6.54 Å². The van der Waals surface area contributed by atoms with E-state index in [4.69, 9.17) is 0 Å². The van der Waals surface area contributed by atoms with E-state index in [1.807, 2.05) is 0 Å². The van der Waals surface area contributed by atoms with Crippen molar-refractivity contribution < 1.29 is 9.59 Å². The summed E-state index contributed by atoms with van der Waals surface area (Å²) in [6, 6.07) is 0. The van der Waals surface area contributed by atoms with Gasteiger partial charge in [-0.2, -0.15) is 0 Å². The largest absolute Gasteiger partial charge is 0.309 e. The second kappa shape index (κ2) is 5.82. The van der Waals surface area contributed by atoms with Crippen LogP contribution in [0.5, 0.6) is 0 Å². The molecule has 82 valence electrons. The van der Waals surface area contributed by atoms with Gasteiger partial charge in [-0.1, -0.05) is 22.2 Å². The zero-order chi connectivity index (χ0) is 11.3. The fraction of sp³-hybridized carbons (Fsp3) is 0.455. The molecule has 0 radical (unpaired) electrons. The molecule has 0 aliphatic carbocycles. The molecule has 0 aromatic carbocycles. The maximum absolute atomic E-state index is 11.3. The number of unbranched alkanes of at least 4 members (excludes halogenated alkanes) is 2. The van der Waals surface area contributed by atoms with Crippen LogP contribution < -0.4 is 0 Å². The molecule has 0 saturated heterocycles. The van der Waals surface area contributed by atoms with E-state index in [9.17, 15) is 9.59 Å². The van der Waals surface area contributed by atoms with Crippen molar-refractivity contribution in [3.05, 3.63) is 24.4 Å². The summed E-state index contributed by atoms with van der Waals surface area (Å²) in [5, 5.41) is 0. The van der Waals surface area contributed by atoms with Gasteiger partial charge in [-0.3, -0.25) is 9.59 Å². The van der Waals surface area contributed by atoms with Crippen molar-refractivity contribution in [2.24, 2.45) is 0 Å². The first-order chi connectivity index (χ1) is 7.11. The van der Waals surface area contributed by atoms with Gasteiger partial charge in [0, 0.05) is 24.7 Å². The lowest BCUT2D eigenvalue weighted by molar-refractivity contribution is -0.123. The van der Waals surface area contributed by atoms with Crippen LogP contribution in [0.2, 0.25) is 0 Å². The highest BCUT2D eigenvalue weighted by Gasteiger charge is 2.17. The Labute approximate surface area is 92.4 Å². The number of hydrogen-bond donors (Lipinski definition) is 0. The minimum atomic E-state index is 0.0159. The molecule has 0 bridgehead atoms. The standard InChI is InChI=1S/C11H16NO2P/c1-9-6-7-10(13)12(9)8-4-2-3-5-11(14)15/h6-7H,1-5,8,15H2. The van der Waals surface area contributed by atoms with Gasteiger partial charge < -0.3 is 4.90 Å². The Morgan fingerprint density at radius 3 is 2.60 bits per heavy atom. The number of hydrogen-bond acceptors (Lipinski definition) is 2. The topological polar surface area (TPSA) is 37.4 Å². The second-order valence-corrected chi connectivity index (χ2v) is 4.24. The highest BCUT2D eigenvalue weighted by atomic mass is 31.0. The van der Waals surface area contributed by atoms with Crippen LogP contribution in [0.15, 0.2) is 24.4 Å². The van der Waals surface area contributed by atoms with E-state index >= 15 is 0 Å². The first kappa shape index (κ1) is 12.1. The van der Waals surface area contributed by atoms with Gasteiger partial charge in [0.25, 0.3) is 5.91 Å². The van der Waals surface area contributed by atoms with Crippen molar-refractivity contribution in [1.29, 1.82) is 0 Å². The van der Waals surface area contributed by atoms with Crippen LogP contribution in [0.1, 0.15) is 25.7 Å². The number of rotatable bonds is 6.